The van der Waals surface area contributed by atoms with E-state index in [1.807, 2.05) is 6.92 Å². The zero-order valence-corrected chi connectivity index (χ0v) is 8.85. The van der Waals surface area contributed by atoms with E-state index >= 15 is 0 Å². The zero-order valence-electron chi connectivity index (χ0n) is 7.06. The Balaban J connectivity index is 2.48. The van der Waals surface area contributed by atoms with Gasteiger partial charge in [-0.05, 0) is 12.2 Å². The van der Waals surface area contributed by atoms with E-state index in [-0.39, 0.29) is 18.0 Å². The molecule has 70 valence electrons. The minimum atomic E-state index is -0.0939. The van der Waals surface area contributed by atoms with Crippen molar-refractivity contribution in [1.29, 1.82) is 0 Å². The summed E-state index contributed by atoms with van der Waals surface area (Å²) in [6, 6.07) is 0. The number of hydrogen-bond donors (Lipinski definition) is 2. The monoisotopic (exact) mass is 206 g/mol. The lowest BCUT2D eigenvalue weighted by Gasteiger charge is -2.14. The van der Waals surface area contributed by atoms with Gasteiger partial charge in [-0.3, -0.25) is 4.79 Å². The Morgan fingerprint density at radius 2 is 2.33 bits per heavy atom. The van der Waals surface area contributed by atoms with Gasteiger partial charge in [-0.2, -0.15) is 25.3 Å². The van der Waals surface area contributed by atoms with Crippen molar-refractivity contribution in [3.05, 3.63) is 0 Å². The first kappa shape index (κ1) is 10.3. The summed E-state index contributed by atoms with van der Waals surface area (Å²) in [7, 11) is 0. The predicted octanol–water partition coefficient (Wildman–Crippen LogP) is 1.41. The van der Waals surface area contributed by atoms with Crippen molar-refractivity contribution >= 4 is 31.2 Å². The summed E-state index contributed by atoms with van der Waals surface area (Å²) in [6.07, 6.45) is 0.872. The molecule has 12 heavy (non-hydrogen) atoms. The average Bonchev–Trinajstić information content (AvgIpc) is 2.45. The summed E-state index contributed by atoms with van der Waals surface area (Å²) >= 11 is 8.26. The van der Waals surface area contributed by atoms with Gasteiger partial charge in [0.2, 0.25) is 0 Å². The fourth-order valence-corrected chi connectivity index (χ4v) is 1.82. The van der Waals surface area contributed by atoms with E-state index in [9.17, 15) is 4.79 Å². The van der Waals surface area contributed by atoms with Crippen LogP contribution in [0.3, 0.4) is 0 Å². The second-order valence-corrected chi connectivity index (χ2v) is 3.98. The molecular formula is C8H14O2S2. The lowest BCUT2D eigenvalue weighted by atomic mass is 9.99. The minimum Gasteiger partial charge on any atom is -0.462 e. The fourth-order valence-electron chi connectivity index (χ4n) is 1.29. The van der Waals surface area contributed by atoms with Gasteiger partial charge < -0.3 is 4.74 Å². The van der Waals surface area contributed by atoms with Gasteiger partial charge in [0.25, 0.3) is 0 Å². The molecule has 1 saturated heterocycles. The smallest absolute Gasteiger partial charge is 0.310 e. The van der Waals surface area contributed by atoms with Gasteiger partial charge in [-0.15, -0.1) is 0 Å². The highest BCUT2D eigenvalue weighted by atomic mass is 32.1. The van der Waals surface area contributed by atoms with Crippen LogP contribution in [0.1, 0.15) is 13.3 Å². The molecule has 0 bridgehead atoms. The summed E-state index contributed by atoms with van der Waals surface area (Å²) in [5.74, 6) is 1.61. The zero-order chi connectivity index (χ0) is 9.14. The average molecular weight is 206 g/mol. The first-order valence-corrected chi connectivity index (χ1v) is 5.37. The first-order valence-electron chi connectivity index (χ1n) is 4.11. The van der Waals surface area contributed by atoms with Crippen LogP contribution in [-0.4, -0.2) is 23.6 Å². The van der Waals surface area contributed by atoms with E-state index in [0.29, 0.717) is 11.7 Å². The Labute approximate surface area is 83.9 Å². The molecule has 1 rings (SSSR count). The van der Waals surface area contributed by atoms with Crippen molar-refractivity contribution in [2.24, 2.45) is 11.8 Å². The van der Waals surface area contributed by atoms with Crippen molar-refractivity contribution in [2.45, 2.75) is 19.4 Å². The van der Waals surface area contributed by atoms with Gasteiger partial charge in [-0.25, -0.2) is 0 Å². The van der Waals surface area contributed by atoms with Crippen LogP contribution in [0.15, 0.2) is 0 Å². The number of rotatable bonds is 3. The molecule has 0 amide bonds. The van der Waals surface area contributed by atoms with Gasteiger partial charge in [0, 0.05) is 11.7 Å². The Morgan fingerprint density at radius 1 is 1.67 bits per heavy atom. The Kier molecular flexibility index (Phi) is 3.77. The fraction of sp³-hybridized carbons (Fsp3) is 0.875. The molecule has 1 aliphatic rings. The molecule has 0 aromatic rings. The summed E-state index contributed by atoms with van der Waals surface area (Å²) in [5, 5.41) is 0. The van der Waals surface area contributed by atoms with Gasteiger partial charge in [0.05, 0.1) is 5.92 Å². The van der Waals surface area contributed by atoms with E-state index in [4.69, 9.17) is 4.74 Å². The molecule has 0 aromatic heterocycles. The third-order valence-corrected chi connectivity index (χ3v) is 3.28. The maximum absolute atomic E-state index is 11.1. The number of carbonyl (C=O) groups excluding carboxylic acids is 1. The number of thiol groups is 2. The van der Waals surface area contributed by atoms with E-state index in [1.165, 1.54) is 0 Å². The predicted molar refractivity (Wildman–Crippen MR) is 54.9 cm³/mol. The van der Waals surface area contributed by atoms with Crippen LogP contribution in [-0.2, 0) is 9.53 Å². The van der Waals surface area contributed by atoms with Crippen LogP contribution in [0.25, 0.3) is 0 Å². The third-order valence-electron chi connectivity index (χ3n) is 2.26. The highest BCUT2D eigenvalue weighted by Crippen LogP contribution is 2.27. The molecule has 1 heterocycles. The van der Waals surface area contributed by atoms with Crippen LogP contribution < -0.4 is 0 Å². The quantitative estimate of drug-likeness (QED) is 0.539. The van der Waals surface area contributed by atoms with Crippen molar-refractivity contribution in [3.8, 4) is 0 Å². The van der Waals surface area contributed by atoms with Crippen LogP contribution in [0.4, 0.5) is 0 Å². The molecule has 3 unspecified atom stereocenters. The lowest BCUT2D eigenvalue weighted by Crippen LogP contribution is -2.18. The molecule has 0 N–H and O–H groups in total. The maximum atomic E-state index is 11.1. The highest BCUT2D eigenvalue weighted by Gasteiger charge is 2.35. The van der Waals surface area contributed by atoms with Crippen molar-refractivity contribution in [3.63, 3.8) is 0 Å². The van der Waals surface area contributed by atoms with Crippen molar-refractivity contribution < 1.29 is 9.53 Å². The molecule has 3 atom stereocenters. The van der Waals surface area contributed by atoms with Crippen LogP contribution in [0, 0.1) is 11.8 Å². The van der Waals surface area contributed by atoms with E-state index in [1.54, 1.807) is 0 Å². The second-order valence-electron chi connectivity index (χ2n) is 3.25. The Morgan fingerprint density at radius 3 is 2.75 bits per heavy atom. The lowest BCUT2D eigenvalue weighted by molar-refractivity contribution is -0.145. The minimum absolute atomic E-state index is 0.000617. The summed E-state index contributed by atoms with van der Waals surface area (Å²) < 4.78 is 5.18. The van der Waals surface area contributed by atoms with E-state index < -0.39 is 0 Å². The van der Waals surface area contributed by atoms with Gasteiger partial charge in [0.15, 0.2) is 0 Å². The van der Waals surface area contributed by atoms with Crippen molar-refractivity contribution in [2.75, 3.05) is 11.5 Å². The second kappa shape index (κ2) is 4.42. The molecule has 0 aromatic carbocycles. The maximum Gasteiger partial charge on any atom is 0.310 e. The molecule has 2 nitrogen and oxygen atoms in total. The van der Waals surface area contributed by atoms with Crippen LogP contribution in [0.5, 0.6) is 0 Å². The van der Waals surface area contributed by atoms with Crippen LogP contribution in [0.2, 0.25) is 0 Å². The number of carbonyl (C=O) groups is 1. The molecular weight excluding hydrogens is 192 g/mol. The summed E-state index contributed by atoms with van der Waals surface area (Å²) in [6.45, 7) is 2.05. The Hall–Kier alpha value is 0.170. The number of hydrogen-bond acceptors (Lipinski definition) is 4. The number of ether oxygens (including phenoxy) is 1. The van der Waals surface area contributed by atoms with Crippen molar-refractivity contribution in [1.82, 2.24) is 0 Å². The molecule has 0 spiro atoms. The summed E-state index contributed by atoms with van der Waals surface area (Å²) in [5.41, 5.74) is 0. The Bertz CT molecular complexity index is 172. The third kappa shape index (κ3) is 2.10. The number of cyclic esters (lactones) is 1. The molecule has 1 aliphatic heterocycles. The van der Waals surface area contributed by atoms with Crippen LogP contribution >= 0.6 is 25.3 Å². The SMILES string of the molecule is CC(CS)C1CC(CS)C(=O)O1. The highest BCUT2D eigenvalue weighted by molar-refractivity contribution is 7.80. The molecule has 4 heteroatoms. The van der Waals surface area contributed by atoms with E-state index in [2.05, 4.69) is 25.3 Å². The van der Waals surface area contributed by atoms with Gasteiger partial charge >= 0.3 is 5.97 Å². The largest absolute Gasteiger partial charge is 0.462 e. The standard InChI is InChI=1S/C8H14O2S2/c1-5(3-11)7-2-6(4-12)8(9)10-7/h5-7,11-12H,2-4H2,1H3. The molecule has 0 aliphatic carbocycles. The van der Waals surface area contributed by atoms with E-state index in [0.717, 1.165) is 12.2 Å². The number of esters is 1. The van der Waals surface area contributed by atoms with Gasteiger partial charge in [0.1, 0.15) is 6.10 Å². The summed E-state index contributed by atoms with van der Waals surface area (Å²) in [4.78, 5) is 11.1. The van der Waals surface area contributed by atoms with Gasteiger partial charge in [-0.1, -0.05) is 6.92 Å². The molecule has 1 fully saturated rings. The molecule has 0 radical (unpaired) electrons. The normalized spacial score (nSPS) is 31.8. The molecule has 0 saturated carbocycles. The topological polar surface area (TPSA) is 26.3 Å². The first-order chi connectivity index (χ1) is 5.69.